The second-order valence-electron chi connectivity index (χ2n) is 8.74. The van der Waals surface area contributed by atoms with Crippen LogP contribution in [0.1, 0.15) is 31.9 Å². The lowest BCUT2D eigenvalue weighted by Crippen LogP contribution is -2.17. The van der Waals surface area contributed by atoms with E-state index in [1.54, 1.807) is 0 Å². The van der Waals surface area contributed by atoms with E-state index in [-0.39, 0.29) is 5.41 Å². The molecule has 0 N–H and O–H groups in total. The molecule has 0 radical (unpaired) electrons. The highest BCUT2D eigenvalue weighted by Crippen LogP contribution is 2.25. The Morgan fingerprint density at radius 1 is 1.12 bits per heavy atom. The fraction of sp³-hybridized carbons (Fsp3) is 0.296. The van der Waals surface area contributed by atoms with Crippen LogP contribution < -0.4 is 4.74 Å². The third-order valence-electron chi connectivity index (χ3n) is 4.52. The van der Waals surface area contributed by atoms with E-state index < -0.39 is 0 Å². The van der Waals surface area contributed by atoms with Crippen LogP contribution in [0.4, 0.5) is 0 Å². The molecule has 0 saturated heterocycles. The first-order valence-electron chi connectivity index (χ1n) is 10.6. The summed E-state index contributed by atoms with van der Waals surface area (Å²) in [5.41, 5.74) is 4.28. The number of allylic oxidation sites excluding steroid dienone is 1. The van der Waals surface area contributed by atoms with Crippen molar-refractivity contribution in [2.24, 2.45) is 5.41 Å². The minimum absolute atomic E-state index is 0.0342. The summed E-state index contributed by atoms with van der Waals surface area (Å²) in [4.78, 5) is 6.59. The predicted molar refractivity (Wildman–Crippen MR) is 136 cm³/mol. The Balaban J connectivity index is 1.54. The van der Waals surface area contributed by atoms with E-state index in [0.29, 0.717) is 11.1 Å². The summed E-state index contributed by atoms with van der Waals surface area (Å²) in [6, 6.07) is 16.5. The van der Waals surface area contributed by atoms with Gasteiger partial charge in [-0.2, -0.15) is 0 Å². The fourth-order valence-corrected chi connectivity index (χ4v) is 3.80. The normalized spacial score (nSPS) is 11.6. The molecule has 0 saturated carbocycles. The Morgan fingerprint density at radius 2 is 1.91 bits per heavy atom. The summed E-state index contributed by atoms with van der Waals surface area (Å²) in [6.45, 7) is 8.53. The first kappa shape index (κ1) is 24.1. The third-order valence-corrected chi connectivity index (χ3v) is 5.50. The summed E-state index contributed by atoms with van der Waals surface area (Å²) in [6.07, 6.45) is 4.04. The highest BCUT2D eigenvalue weighted by atomic mass is 35.5. The van der Waals surface area contributed by atoms with Gasteiger partial charge >= 0.3 is 0 Å². The Bertz CT molecular complexity index is 1120. The molecule has 0 bridgehead atoms. The number of thiazole rings is 1. The van der Waals surface area contributed by atoms with Gasteiger partial charge in [-0.1, -0.05) is 59.8 Å². The number of aromatic nitrogens is 1. The van der Waals surface area contributed by atoms with Crippen molar-refractivity contribution in [3.8, 4) is 28.8 Å². The van der Waals surface area contributed by atoms with Crippen molar-refractivity contribution in [2.75, 3.05) is 13.6 Å². The zero-order valence-electron chi connectivity index (χ0n) is 19.1. The van der Waals surface area contributed by atoms with Gasteiger partial charge < -0.3 is 4.74 Å². The van der Waals surface area contributed by atoms with Crippen LogP contribution in [0.25, 0.3) is 11.3 Å². The van der Waals surface area contributed by atoms with Crippen molar-refractivity contribution in [1.82, 2.24) is 9.88 Å². The van der Waals surface area contributed by atoms with Gasteiger partial charge in [0.15, 0.2) is 4.47 Å². The van der Waals surface area contributed by atoms with Crippen LogP contribution >= 0.6 is 22.9 Å². The molecule has 2 aromatic carbocycles. The second kappa shape index (κ2) is 11.3. The van der Waals surface area contributed by atoms with Crippen LogP contribution in [0.2, 0.25) is 4.47 Å². The first-order valence-corrected chi connectivity index (χ1v) is 11.8. The van der Waals surface area contributed by atoms with Gasteiger partial charge in [-0.15, -0.1) is 11.3 Å². The monoisotopic (exact) mass is 464 g/mol. The summed E-state index contributed by atoms with van der Waals surface area (Å²) < 4.78 is 6.61. The summed E-state index contributed by atoms with van der Waals surface area (Å²) in [5.74, 6) is 7.19. The largest absolute Gasteiger partial charge is 0.489 e. The standard InChI is InChI=1S/C27H29ClN2OS/c1-27(2,3)14-6-5-7-15-30(4)18-21-10-9-13-24(17-21)31-19-22-11-8-12-23(16-22)25-20-32-26(28)29-25/h5,7-13,16-17,20H,15,18-19H2,1-4H3. The van der Waals surface area contributed by atoms with Gasteiger partial charge in [0.1, 0.15) is 12.4 Å². The number of ether oxygens (including phenoxy) is 1. The number of halogens is 1. The van der Waals surface area contributed by atoms with Crippen molar-refractivity contribution < 1.29 is 4.74 Å². The van der Waals surface area contributed by atoms with E-state index in [2.05, 4.69) is 79.9 Å². The molecule has 3 aromatic rings. The van der Waals surface area contributed by atoms with Crippen LogP contribution in [-0.4, -0.2) is 23.5 Å². The zero-order chi connectivity index (χ0) is 23.0. The van der Waals surface area contributed by atoms with Crippen LogP contribution in [0.5, 0.6) is 5.75 Å². The number of likely N-dealkylation sites (N-methyl/N-ethyl adjacent to an activating group) is 1. The van der Waals surface area contributed by atoms with E-state index in [0.717, 1.165) is 35.7 Å². The average Bonchev–Trinajstić information content (AvgIpc) is 3.18. The molecule has 1 aromatic heterocycles. The molecule has 3 nitrogen and oxygen atoms in total. The number of benzene rings is 2. The molecule has 0 aliphatic heterocycles. The number of hydrogen-bond acceptors (Lipinski definition) is 4. The molecule has 32 heavy (non-hydrogen) atoms. The predicted octanol–water partition coefficient (Wildman–Crippen LogP) is 7.08. The van der Waals surface area contributed by atoms with E-state index >= 15 is 0 Å². The van der Waals surface area contributed by atoms with Gasteiger partial charge in [-0.25, -0.2) is 4.98 Å². The van der Waals surface area contributed by atoms with Gasteiger partial charge in [0.05, 0.1) is 5.69 Å². The third kappa shape index (κ3) is 8.16. The number of nitrogens with zero attached hydrogens (tertiary/aromatic N) is 2. The zero-order valence-corrected chi connectivity index (χ0v) is 20.6. The van der Waals surface area contributed by atoms with Crippen molar-refractivity contribution in [1.29, 1.82) is 0 Å². The molecule has 0 amide bonds. The van der Waals surface area contributed by atoms with Crippen molar-refractivity contribution in [3.05, 3.63) is 81.7 Å². The quantitative estimate of drug-likeness (QED) is 0.333. The maximum atomic E-state index is 6.06. The fourth-order valence-electron chi connectivity index (χ4n) is 3.03. The molecule has 0 aliphatic carbocycles. The maximum absolute atomic E-state index is 6.06. The minimum Gasteiger partial charge on any atom is -0.489 e. The number of hydrogen-bond donors (Lipinski definition) is 0. The van der Waals surface area contributed by atoms with E-state index in [1.165, 1.54) is 16.9 Å². The van der Waals surface area contributed by atoms with Crippen LogP contribution in [0.15, 0.2) is 66.1 Å². The summed E-state index contributed by atoms with van der Waals surface area (Å²) >= 11 is 7.41. The molecule has 0 fully saturated rings. The lowest BCUT2D eigenvalue weighted by Gasteiger charge is -2.15. The van der Waals surface area contributed by atoms with Crippen molar-refractivity contribution in [3.63, 3.8) is 0 Å². The van der Waals surface area contributed by atoms with Gasteiger partial charge in [0.2, 0.25) is 0 Å². The first-order chi connectivity index (χ1) is 15.3. The lowest BCUT2D eigenvalue weighted by atomic mass is 9.98. The van der Waals surface area contributed by atoms with Gasteiger partial charge in [-0.05, 0) is 63.2 Å². The maximum Gasteiger partial charge on any atom is 0.184 e. The SMILES string of the molecule is CN(CC=CC#CC(C)(C)C)Cc1cccc(OCc2cccc(-c3csc(Cl)n3)c2)c1. The molecule has 1 heterocycles. The molecule has 0 aliphatic rings. The lowest BCUT2D eigenvalue weighted by molar-refractivity contribution is 0.304. The molecule has 3 rings (SSSR count). The van der Waals surface area contributed by atoms with Crippen molar-refractivity contribution in [2.45, 2.75) is 33.9 Å². The smallest absolute Gasteiger partial charge is 0.184 e. The Morgan fingerprint density at radius 3 is 2.66 bits per heavy atom. The highest BCUT2D eigenvalue weighted by molar-refractivity contribution is 7.14. The molecule has 166 valence electrons. The molecule has 5 heteroatoms. The van der Waals surface area contributed by atoms with E-state index in [9.17, 15) is 0 Å². The molecule has 0 atom stereocenters. The topological polar surface area (TPSA) is 25.4 Å². The Hall–Kier alpha value is -2.58. The van der Waals surface area contributed by atoms with Crippen molar-refractivity contribution >= 4 is 22.9 Å². The van der Waals surface area contributed by atoms with Gasteiger partial charge in [0, 0.05) is 29.4 Å². The highest BCUT2D eigenvalue weighted by Gasteiger charge is 2.06. The molecular weight excluding hydrogens is 436 g/mol. The van der Waals surface area contributed by atoms with Crippen LogP contribution in [0.3, 0.4) is 0 Å². The average molecular weight is 465 g/mol. The summed E-state index contributed by atoms with van der Waals surface area (Å²) in [7, 11) is 2.10. The minimum atomic E-state index is 0.0342. The van der Waals surface area contributed by atoms with Crippen LogP contribution in [-0.2, 0) is 13.2 Å². The molecular formula is C27H29ClN2OS. The van der Waals surface area contributed by atoms with Gasteiger partial charge in [-0.3, -0.25) is 4.90 Å². The second-order valence-corrected chi connectivity index (χ2v) is 10.2. The molecule has 0 spiro atoms. The molecule has 0 unspecified atom stereocenters. The van der Waals surface area contributed by atoms with Crippen LogP contribution in [0, 0.1) is 17.3 Å². The van der Waals surface area contributed by atoms with Gasteiger partial charge in [0.25, 0.3) is 0 Å². The number of rotatable bonds is 8. The Kier molecular flexibility index (Phi) is 8.53. The van der Waals surface area contributed by atoms with E-state index in [1.807, 2.05) is 35.7 Å². The van der Waals surface area contributed by atoms with E-state index in [4.69, 9.17) is 16.3 Å². The summed E-state index contributed by atoms with van der Waals surface area (Å²) in [5, 5.41) is 1.97. The Labute approximate surface area is 200 Å².